The summed E-state index contributed by atoms with van der Waals surface area (Å²) >= 11 is 1.44. The monoisotopic (exact) mass is 430 g/mol. The molecule has 5 atom stereocenters. The van der Waals surface area contributed by atoms with Gasteiger partial charge in [0.05, 0.1) is 17.4 Å². The SMILES string of the molecule is CCC(C)(C)[C@H]1CCc2c(sc(NC(=O)[C@H]3[C@@H](C(=O)O)[C@H]4C=C[C@H]3C4)c2C(N)=O)C1. The minimum absolute atomic E-state index is 0.0579. The van der Waals surface area contributed by atoms with Crippen LogP contribution in [0.25, 0.3) is 0 Å². The molecule has 0 unspecified atom stereocenters. The Morgan fingerprint density at radius 1 is 1.23 bits per heavy atom. The topological polar surface area (TPSA) is 109 Å². The number of thiophene rings is 1. The minimum atomic E-state index is -0.933. The van der Waals surface area contributed by atoms with E-state index in [1.807, 2.05) is 12.2 Å². The molecule has 3 aliphatic carbocycles. The first-order chi connectivity index (χ1) is 14.1. The molecule has 6 nitrogen and oxygen atoms in total. The summed E-state index contributed by atoms with van der Waals surface area (Å²) in [7, 11) is 0. The van der Waals surface area contributed by atoms with Gasteiger partial charge in [0, 0.05) is 4.88 Å². The third-order valence-corrected chi connectivity index (χ3v) is 8.98. The number of fused-ring (bicyclic) bond motifs is 3. The van der Waals surface area contributed by atoms with E-state index in [1.54, 1.807) is 0 Å². The summed E-state index contributed by atoms with van der Waals surface area (Å²) in [6, 6.07) is 0. The maximum atomic E-state index is 13.1. The van der Waals surface area contributed by atoms with Crippen molar-refractivity contribution >= 4 is 34.1 Å². The number of nitrogens with one attached hydrogen (secondary N) is 1. The third kappa shape index (κ3) is 3.37. The molecule has 4 rings (SSSR count). The Labute approximate surface area is 180 Å². The number of rotatable bonds is 6. The fourth-order valence-corrected chi connectivity index (χ4v) is 6.94. The summed E-state index contributed by atoms with van der Waals surface area (Å²) in [6.45, 7) is 6.76. The van der Waals surface area contributed by atoms with Gasteiger partial charge >= 0.3 is 5.97 Å². The predicted molar refractivity (Wildman–Crippen MR) is 116 cm³/mol. The lowest BCUT2D eigenvalue weighted by atomic mass is 9.69. The lowest BCUT2D eigenvalue weighted by Crippen LogP contribution is -2.36. The lowest BCUT2D eigenvalue weighted by molar-refractivity contribution is -0.146. The van der Waals surface area contributed by atoms with Gasteiger partial charge in [-0.1, -0.05) is 39.3 Å². The third-order valence-electron chi connectivity index (χ3n) is 7.81. The zero-order chi connectivity index (χ0) is 21.8. The molecular weight excluding hydrogens is 400 g/mol. The summed E-state index contributed by atoms with van der Waals surface area (Å²) < 4.78 is 0. The maximum Gasteiger partial charge on any atom is 0.307 e. The number of allylic oxidation sites excluding steroid dienone is 2. The Morgan fingerprint density at radius 3 is 2.50 bits per heavy atom. The van der Waals surface area contributed by atoms with Crippen molar-refractivity contribution in [3.05, 3.63) is 28.2 Å². The van der Waals surface area contributed by atoms with Crippen LogP contribution in [0.3, 0.4) is 0 Å². The van der Waals surface area contributed by atoms with Crippen molar-refractivity contribution in [2.24, 2.45) is 40.7 Å². The second-order valence-electron chi connectivity index (χ2n) is 9.68. The molecule has 2 amide bonds. The molecule has 1 fully saturated rings. The van der Waals surface area contributed by atoms with E-state index in [2.05, 4.69) is 26.1 Å². The van der Waals surface area contributed by atoms with E-state index in [9.17, 15) is 19.5 Å². The summed E-state index contributed by atoms with van der Waals surface area (Å²) in [5, 5.41) is 13.0. The maximum absolute atomic E-state index is 13.1. The van der Waals surface area contributed by atoms with E-state index >= 15 is 0 Å². The molecule has 7 heteroatoms. The number of carboxylic acids is 1. The molecule has 1 saturated carbocycles. The van der Waals surface area contributed by atoms with Crippen LogP contribution >= 0.6 is 11.3 Å². The van der Waals surface area contributed by atoms with Crippen LogP contribution in [0.4, 0.5) is 5.00 Å². The Hall–Kier alpha value is -2.15. The van der Waals surface area contributed by atoms with Crippen molar-refractivity contribution in [1.29, 1.82) is 0 Å². The van der Waals surface area contributed by atoms with Gasteiger partial charge in [0.2, 0.25) is 5.91 Å². The molecule has 1 heterocycles. The summed E-state index contributed by atoms with van der Waals surface area (Å²) in [6.07, 6.45) is 8.32. The summed E-state index contributed by atoms with van der Waals surface area (Å²) in [4.78, 5) is 38.3. The number of primary amides is 1. The highest BCUT2D eigenvalue weighted by atomic mass is 32.1. The van der Waals surface area contributed by atoms with Gasteiger partial charge in [0.25, 0.3) is 5.91 Å². The quantitative estimate of drug-likeness (QED) is 0.596. The molecule has 0 saturated heterocycles. The van der Waals surface area contributed by atoms with Crippen LogP contribution in [0.15, 0.2) is 12.2 Å². The number of anilines is 1. The number of hydrogen-bond donors (Lipinski definition) is 3. The number of carboxylic acid groups (broad SMARTS) is 1. The zero-order valence-corrected chi connectivity index (χ0v) is 18.6. The molecule has 3 aliphatic rings. The smallest absolute Gasteiger partial charge is 0.307 e. The normalized spacial score (nSPS) is 29.6. The lowest BCUT2D eigenvalue weighted by Gasteiger charge is -2.36. The summed E-state index contributed by atoms with van der Waals surface area (Å²) in [5.41, 5.74) is 7.30. The van der Waals surface area contributed by atoms with E-state index in [-0.39, 0.29) is 23.2 Å². The van der Waals surface area contributed by atoms with Crippen LogP contribution in [0.2, 0.25) is 0 Å². The highest BCUT2D eigenvalue weighted by molar-refractivity contribution is 7.17. The Bertz CT molecular complexity index is 932. The van der Waals surface area contributed by atoms with Gasteiger partial charge in [-0.05, 0) is 54.4 Å². The first-order valence-corrected chi connectivity index (χ1v) is 11.6. The van der Waals surface area contributed by atoms with Crippen molar-refractivity contribution in [2.75, 3.05) is 5.32 Å². The van der Waals surface area contributed by atoms with Gasteiger partial charge in [-0.3, -0.25) is 14.4 Å². The van der Waals surface area contributed by atoms with Crippen LogP contribution in [0, 0.1) is 35.0 Å². The number of nitrogens with two attached hydrogens (primary N) is 1. The van der Waals surface area contributed by atoms with E-state index in [0.717, 1.165) is 36.1 Å². The number of aliphatic carboxylic acids is 1. The number of amides is 2. The molecule has 4 N–H and O–H groups in total. The van der Waals surface area contributed by atoms with Crippen LogP contribution in [-0.2, 0) is 22.4 Å². The van der Waals surface area contributed by atoms with Gasteiger partial charge in [0.1, 0.15) is 5.00 Å². The number of carbonyl (C=O) groups is 3. The number of carbonyl (C=O) groups excluding carboxylic acids is 2. The van der Waals surface area contributed by atoms with Crippen molar-refractivity contribution in [3.63, 3.8) is 0 Å². The molecule has 0 aromatic carbocycles. The molecule has 2 bridgehead atoms. The number of hydrogen-bond acceptors (Lipinski definition) is 4. The first-order valence-electron chi connectivity index (χ1n) is 10.8. The Morgan fingerprint density at radius 2 is 1.90 bits per heavy atom. The van der Waals surface area contributed by atoms with Gasteiger partial charge < -0.3 is 16.2 Å². The van der Waals surface area contributed by atoms with Crippen molar-refractivity contribution in [1.82, 2.24) is 0 Å². The van der Waals surface area contributed by atoms with Gasteiger partial charge in [-0.25, -0.2) is 0 Å². The van der Waals surface area contributed by atoms with E-state index in [0.29, 0.717) is 22.9 Å². The fourth-order valence-electron chi connectivity index (χ4n) is 5.60. The van der Waals surface area contributed by atoms with Crippen molar-refractivity contribution < 1.29 is 19.5 Å². The molecule has 0 aliphatic heterocycles. The van der Waals surface area contributed by atoms with Crippen LogP contribution in [0.5, 0.6) is 0 Å². The molecule has 30 heavy (non-hydrogen) atoms. The fraction of sp³-hybridized carbons (Fsp3) is 0.609. The van der Waals surface area contributed by atoms with Crippen molar-refractivity contribution in [3.8, 4) is 0 Å². The largest absolute Gasteiger partial charge is 0.481 e. The molecule has 0 radical (unpaired) electrons. The second-order valence-corrected chi connectivity index (χ2v) is 10.8. The van der Waals surface area contributed by atoms with Gasteiger partial charge in [-0.15, -0.1) is 11.3 Å². The van der Waals surface area contributed by atoms with E-state index in [4.69, 9.17) is 5.73 Å². The Balaban J connectivity index is 1.61. The predicted octanol–water partition coefficient (Wildman–Crippen LogP) is 3.85. The second kappa shape index (κ2) is 7.52. The Kier molecular flexibility index (Phi) is 5.29. The van der Waals surface area contributed by atoms with Crippen molar-refractivity contribution in [2.45, 2.75) is 52.9 Å². The first kappa shape index (κ1) is 21.1. The van der Waals surface area contributed by atoms with Crippen LogP contribution in [0.1, 0.15) is 60.8 Å². The van der Waals surface area contributed by atoms with Gasteiger partial charge in [-0.2, -0.15) is 0 Å². The molecular formula is C23H30N2O4S. The van der Waals surface area contributed by atoms with E-state index < -0.39 is 23.7 Å². The highest BCUT2D eigenvalue weighted by Crippen LogP contribution is 2.49. The standard InChI is InChI=1S/C23H30N2O4S/c1-4-23(2,3)13-7-8-14-15(10-13)30-21(18(14)19(24)26)25-20(27)16-11-5-6-12(9-11)17(16)22(28)29/h5-6,11-13,16-17H,4,7-10H2,1-3H3,(H2,24,26)(H,25,27)(H,28,29)/t11-,12-,13-,16+,17-/m0/s1. The van der Waals surface area contributed by atoms with Crippen LogP contribution < -0.4 is 11.1 Å². The molecule has 0 spiro atoms. The van der Waals surface area contributed by atoms with Gasteiger partial charge in [0.15, 0.2) is 0 Å². The zero-order valence-electron chi connectivity index (χ0n) is 17.7. The average molecular weight is 431 g/mol. The molecule has 1 aromatic rings. The highest BCUT2D eigenvalue weighted by Gasteiger charge is 2.52. The average Bonchev–Trinajstić information content (AvgIpc) is 3.39. The minimum Gasteiger partial charge on any atom is -0.481 e. The van der Waals surface area contributed by atoms with Crippen LogP contribution in [-0.4, -0.2) is 22.9 Å². The molecule has 1 aromatic heterocycles. The summed E-state index contributed by atoms with van der Waals surface area (Å²) in [5.74, 6) is -2.72. The van der Waals surface area contributed by atoms with E-state index in [1.165, 1.54) is 11.3 Å². The molecule has 162 valence electrons.